The second kappa shape index (κ2) is 5.13. The van der Waals surface area contributed by atoms with Crippen LogP contribution < -0.4 is 5.32 Å². The summed E-state index contributed by atoms with van der Waals surface area (Å²) < 4.78 is 0. The fraction of sp³-hybridized carbons (Fsp3) is 1.00. The molecule has 2 heteroatoms. The van der Waals surface area contributed by atoms with Gasteiger partial charge in [-0.15, -0.1) is 0 Å². The van der Waals surface area contributed by atoms with E-state index in [-0.39, 0.29) is 0 Å². The third kappa shape index (κ3) is 3.25. The van der Waals surface area contributed by atoms with E-state index < -0.39 is 0 Å². The highest BCUT2D eigenvalue weighted by Crippen LogP contribution is 2.17. The first-order valence-corrected chi connectivity index (χ1v) is 5.95. The molecule has 0 aromatic rings. The van der Waals surface area contributed by atoms with Crippen molar-refractivity contribution < 1.29 is 0 Å². The highest BCUT2D eigenvalue weighted by molar-refractivity contribution is 4.83. The molecule has 0 amide bonds. The molecule has 0 bridgehead atoms. The minimum atomic E-state index is 0.644. The van der Waals surface area contributed by atoms with Crippen molar-refractivity contribution in [1.29, 1.82) is 0 Å². The van der Waals surface area contributed by atoms with Crippen LogP contribution in [0.2, 0.25) is 0 Å². The first-order valence-electron chi connectivity index (χ1n) is 5.95. The lowest BCUT2D eigenvalue weighted by atomic mass is 9.92. The monoisotopic (exact) mass is 198 g/mol. The van der Waals surface area contributed by atoms with Crippen LogP contribution in [0.15, 0.2) is 0 Å². The Morgan fingerprint density at radius 2 is 1.93 bits per heavy atom. The van der Waals surface area contributed by atoms with Crippen molar-refractivity contribution in [2.75, 3.05) is 20.1 Å². The molecule has 14 heavy (non-hydrogen) atoms. The van der Waals surface area contributed by atoms with Crippen LogP contribution in [0, 0.1) is 11.8 Å². The van der Waals surface area contributed by atoms with Crippen molar-refractivity contribution >= 4 is 0 Å². The van der Waals surface area contributed by atoms with Crippen LogP contribution >= 0.6 is 0 Å². The summed E-state index contributed by atoms with van der Waals surface area (Å²) in [6.07, 6.45) is 1.30. The minimum absolute atomic E-state index is 0.644. The number of hydrogen-bond acceptors (Lipinski definition) is 2. The normalized spacial score (nSPS) is 32.1. The van der Waals surface area contributed by atoms with Crippen LogP contribution in [-0.4, -0.2) is 37.1 Å². The lowest BCUT2D eigenvalue weighted by Crippen LogP contribution is -2.50. The third-order valence-corrected chi connectivity index (χ3v) is 3.59. The molecule has 3 atom stereocenters. The molecule has 1 saturated heterocycles. The SMILES string of the molecule is CC(C)C(C)NC1CCN(C)CC1C. The van der Waals surface area contributed by atoms with Gasteiger partial charge in [0.15, 0.2) is 0 Å². The number of likely N-dealkylation sites (tertiary alicyclic amines) is 1. The molecular weight excluding hydrogens is 172 g/mol. The Morgan fingerprint density at radius 3 is 2.43 bits per heavy atom. The van der Waals surface area contributed by atoms with E-state index in [2.05, 4.69) is 45.0 Å². The van der Waals surface area contributed by atoms with Gasteiger partial charge in [-0.2, -0.15) is 0 Å². The van der Waals surface area contributed by atoms with E-state index >= 15 is 0 Å². The van der Waals surface area contributed by atoms with E-state index in [9.17, 15) is 0 Å². The zero-order chi connectivity index (χ0) is 10.7. The van der Waals surface area contributed by atoms with Crippen LogP contribution in [0.4, 0.5) is 0 Å². The Labute approximate surface area is 89.1 Å². The zero-order valence-corrected chi connectivity index (χ0v) is 10.4. The lowest BCUT2D eigenvalue weighted by Gasteiger charge is -2.37. The number of nitrogens with one attached hydrogen (secondary N) is 1. The minimum Gasteiger partial charge on any atom is -0.311 e. The first kappa shape index (κ1) is 12.0. The van der Waals surface area contributed by atoms with Crippen LogP contribution in [0.25, 0.3) is 0 Å². The van der Waals surface area contributed by atoms with Gasteiger partial charge in [-0.05, 0) is 38.8 Å². The largest absolute Gasteiger partial charge is 0.311 e. The lowest BCUT2D eigenvalue weighted by molar-refractivity contribution is 0.161. The number of nitrogens with zero attached hydrogens (tertiary/aromatic N) is 1. The molecule has 0 aliphatic carbocycles. The van der Waals surface area contributed by atoms with Gasteiger partial charge in [-0.1, -0.05) is 20.8 Å². The van der Waals surface area contributed by atoms with Crippen LogP contribution in [-0.2, 0) is 0 Å². The van der Waals surface area contributed by atoms with Gasteiger partial charge in [0.1, 0.15) is 0 Å². The quantitative estimate of drug-likeness (QED) is 0.746. The van der Waals surface area contributed by atoms with Gasteiger partial charge in [0.25, 0.3) is 0 Å². The van der Waals surface area contributed by atoms with Gasteiger partial charge in [0.2, 0.25) is 0 Å². The van der Waals surface area contributed by atoms with Crippen molar-refractivity contribution in [1.82, 2.24) is 10.2 Å². The highest BCUT2D eigenvalue weighted by atomic mass is 15.1. The molecule has 84 valence electrons. The van der Waals surface area contributed by atoms with Crippen LogP contribution in [0.5, 0.6) is 0 Å². The molecule has 0 aromatic heterocycles. The van der Waals surface area contributed by atoms with Gasteiger partial charge >= 0.3 is 0 Å². The molecular formula is C12H26N2. The van der Waals surface area contributed by atoms with Crippen molar-refractivity contribution in [3.8, 4) is 0 Å². The summed E-state index contributed by atoms with van der Waals surface area (Å²) >= 11 is 0. The summed E-state index contributed by atoms with van der Waals surface area (Å²) in [4.78, 5) is 2.43. The molecule has 2 nitrogen and oxygen atoms in total. The number of rotatable bonds is 3. The molecule has 1 heterocycles. The predicted octanol–water partition coefficient (Wildman–Crippen LogP) is 1.96. The Morgan fingerprint density at radius 1 is 1.29 bits per heavy atom. The first-order chi connectivity index (χ1) is 6.50. The van der Waals surface area contributed by atoms with E-state index in [1.165, 1.54) is 19.5 Å². The molecule has 1 N–H and O–H groups in total. The van der Waals surface area contributed by atoms with Gasteiger partial charge < -0.3 is 10.2 Å². The highest BCUT2D eigenvalue weighted by Gasteiger charge is 2.25. The molecule has 1 fully saturated rings. The molecule has 0 spiro atoms. The average Bonchev–Trinajstić information content (AvgIpc) is 2.09. The average molecular weight is 198 g/mol. The second-order valence-corrected chi connectivity index (χ2v) is 5.33. The van der Waals surface area contributed by atoms with Crippen molar-refractivity contribution in [2.45, 2.75) is 46.2 Å². The molecule has 1 rings (SSSR count). The molecule has 0 aromatic carbocycles. The maximum Gasteiger partial charge on any atom is 0.0120 e. The van der Waals surface area contributed by atoms with E-state index in [4.69, 9.17) is 0 Å². The fourth-order valence-corrected chi connectivity index (χ4v) is 2.13. The second-order valence-electron chi connectivity index (χ2n) is 5.33. The topological polar surface area (TPSA) is 15.3 Å². The van der Waals surface area contributed by atoms with Crippen LogP contribution in [0.1, 0.15) is 34.1 Å². The molecule has 0 radical (unpaired) electrons. The maximum atomic E-state index is 3.76. The molecule has 0 saturated carbocycles. The summed E-state index contributed by atoms with van der Waals surface area (Å²) in [5.74, 6) is 1.52. The molecule has 1 aliphatic rings. The van der Waals surface area contributed by atoms with Crippen molar-refractivity contribution in [3.63, 3.8) is 0 Å². The maximum absolute atomic E-state index is 3.76. The van der Waals surface area contributed by atoms with Crippen molar-refractivity contribution in [3.05, 3.63) is 0 Å². The van der Waals surface area contributed by atoms with Gasteiger partial charge in [0.05, 0.1) is 0 Å². The Balaban J connectivity index is 2.37. The van der Waals surface area contributed by atoms with E-state index in [0.717, 1.165) is 17.9 Å². The van der Waals surface area contributed by atoms with E-state index in [1.807, 2.05) is 0 Å². The smallest absolute Gasteiger partial charge is 0.0120 e. The number of hydrogen-bond donors (Lipinski definition) is 1. The number of piperidine rings is 1. The fourth-order valence-electron chi connectivity index (χ4n) is 2.13. The standard InChI is InChI=1S/C12H26N2/c1-9(2)11(4)13-12-6-7-14(5)8-10(12)3/h9-13H,6-8H2,1-5H3. The van der Waals surface area contributed by atoms with Crippen LogP contribution in [0.3, 0.4) is 0 Å². The summed E-state index contributed by atoms with van der Waals surface area (Å²) in [6.45, 7) is 11.7. The zero-order valence-electron chi connectivity index (χ0n) is 10.4. The van der Waals surface area contributed by atoms with Gasteiger partial charge in [-0.25, -0.2) is 0 Å². The van der Waals surface area contributed by atoms with Gasteiger partial charge in [-0.3, -0.25) is 0 Å². The molecule has 1 aliphatic heterocycles. The van der Waals surface area contributed by atoms with E-state index in [0.29, 0.717) is 6.04 Å². The summed E-state index contributed by atoms with van der Waals surface area (Å²) in [7, 11) is 2.22. The predicted molar refractivity (Wildman–Crippen MR) is 62.5 cm³/mol. The summed E-state index contributed by atoms with van der Waals surface area (Å²) in [6, 6.07) is 1.37. The molecule has 3 unspecified atom stereocenters. The van der Waals surface area contributed by atoms with Gasteiger partial charge in [0, 0.05) is 18.6 Å². The third-order valence-electron chi connectivity index (χ3n) is 3.59. The van der Waals surface area contributed by atoms with Crippen molar-refractivity contribution in [2.24, 2.45) is 11.8 Å². The summed E-state index contributed by atoms with van der Waals surface area (Å²) in [5, 5.41) is 3.76. The van der Waals surface area contributed by atoms with E-state index in [1.54, 1.807) is 0 Å². The Kier molecular flexibility index (Phi) is 4.39. The Hall–Kier alpha value is -0.0800. The Bertz CT molecular complexity index is 168. The summed E-state index contributed by atoms with van der Waals surface area (Å²) in [5.41, 5.74) is 0.